The van der Waals surface area contributed by atoms with E-state index in [0.29, 0.717) is 52.6 Å². The number of hydrogen-bond donors (Lipinski definition) is 1. The zero-order chi connectivity index (χ0) is 22.9. The Balaban J connectivity index is 1.72. The maximum atomic E-state index is 13.8. The van der Waals surface area contributed by atoms with Crippen molar-refractivity contribution in [3.05, 3.63) is 64.7 Å². The molecule has 4 aromatic rings. The third kappa shape index (κ3) is 3.97. The van der Waals surface area contributed by atoms with Gasteiger partial charge in [0, 0.05) is 29.8 Å². The van der Waals surface area contributed by atoms with Gasteiger partial charge in [-0.05, 0) is 18.9 Å². The number of fused-ring (bicyclic) bond motifs is 1. The van der Waals surface area contributed by atoms with Crippen LogP contribution in [0, 0.1) is 0 Å². The number of para-hydroxylation sites is 1. The number of methoxy groups -OCH3 is 3. The molecule has 0 unspecified atom stereocenters. The second kappa shape index (κ2) is 8.50. The molecule has 9 nitrogen and oxygen atoms in total. The molecular formula is C24H25N5O4. The fraction of sp³-hybridized carbons (Fsp3) is 0.292. The molecule has 1 aliphatic rings. The van der Waals surface area contributed by atoms with E-state index in [-0.39, 0.29) is 5.69 Å². The van der Waals surface area contributed by atoms with Crippen LogP contribution in [0.5, 0.6) is 17.2 Å². The van der Waals surface area contributed by atoms with E-state index in [1.165, 1.54) is 0 Å². The van der Waals surface area contributed by atoms with Crippen LogP contribution in [0.2, 0.25) is 0 Å². The van der Waals surface area contributed by atoms with E-state index in [9.17, 15) is 4.79 Å². The van der Waals surface area contributed by atoms with E-state index in [0.717, 1.165) is 18.4 Å². The van der Waals surface area contributed by atoms with Crippen LogP contribution >= 0.6 is 0 Å². The lowest BCUT2D eigenvalue weighted by Gasteiger charge is -2.09. The quantitative estimate of drug-likeness (QED) is 0.443. The average Bonchev–Trinajstić information content (AvgIpc) is 3.62. The molecule has 5 rings (SSSR count). The molecule has 0 amide bonds. The zero-order valence-corrected chi connectivity index (χ0v) is 18.7. The Hall–Kier alpha value is -4.01. The van der Waals surface area contributed by atoms with E-state index in [2.05, 4.69) is 10.3 Å². The van der Waals surface area contributed by atoms with E-state index in [4.69, 9.17) is 19.2 Å². The Morgan fingerprint density at radius 2 is 1.76 bits per heavy atom. The highest BCUT2D eigenvalue weighted by molar-refractivity contribution is 5.75. The minimum atomic E-state index is -0.246. The minimum Gasteiger partial charge on any atom is -0.497 e. The van der Waals surface area contributed by atoms with Crippen molar-refractivity contribution in [3.8, 4) is 22.9 Å². The van der Waals surface area contributed by atoms with Crippen LogP contribution in [-0.2, 0) is 6.54 Å². The summed E-state index contributed by atoms with van der Waals surface area (Å²) < 4.78 is 19.6. The zero-order valence-electron chi connectivity index (χ0n) is 18.7. The number of benzene rings is 2. The molecule has 0 atom stereocenters. The fourth-order valence-corrected chi connectivity index (χ4v) is 3.83. The number of rotatable bonds is 8. The summed E-state index contributed by atoms with van der Waals surface area (Å²) >= 11 is 0. The molecular weight excluding hydrogens is 422 g/mol. The van der Waals surface area contributed by atoms with E-state index < -0.39 is 0 Å². The van der Waals surface area contributed by atoms with E-state index in [1.54, 1.807) is 54.9 Å². The molecule has 2 aromatic heterocycles. The van der Waals surface area contributed by atoms with Crippen molar-refractivity contribution in [3.63, 3.8) is 0 Å². The van der Waals surface area contributed by atoms with Crippen LogP contribution in [0.25, 0.3) is 16.9 Å². The maximum absolute atomic E-state index is 13.8. The first-order chi connectivity index (χ1) is 16.1. The summed E-state index contributed by atoms with van der Waals surface area (Å²) in [6, 6.07) is 13.3. The van der Waals surface area contributed by atoms with Gasteiger partial charge in [-0.3, -0.25) is 4.57 Å². The molecule has 2 heterocycles. The van der Waals surface area contributed by atoms with Crippen LogP contribution in [-0.4, -0.2) is 46.5 Å². The molecule has 9 heteroatoms. The summed E-state index contributed by atoms with van der Waals surface area (Å²) in [7, 11) is 4.77. The summed E-state index contributed by atoms with van der Waals surface area (Å²) in [6.45, 7) is 0.312. The van der Waals surface area contributed by atoms with Gasteiger partial charge in [-0.1, -0.05) is 18.2 Å². The lowest BCUT2D eigenvalue weighted by molar-refractivity contribution is 0.394. The number of nitrogens with one attached hydrogen (secondary N) is 1. The number of hydrogen-bond acceptors (Lipinski definition) is 7. The second-order valence-corrected chi connectivity index (χ2v) is 7.91. The normalized spacial score (nSPS) is 13.2. The highest BCUT2D eigenvalue weighted by Gasteiger charge is 2.24. The maximum Gasteiger partial charge on any atom is 0.335 e. The van der Waals surface area contributed by atoms with Crippen LogP contribution in [0.1, 0.15) is 18.4 Å². The first-order valence-corrected chi connectivity index (χ1v) is 10.7. The molecule has 0 radical (unpaired) electrons. The summed E-state index contributed by atoms with van der Waals surface area (Å²) in [6.07, 6.45) is 3.88. The van der Waals surface area contributed by atoms with E-state index in [1.807, 2.05) is 24.3 Å². The smallest absolute Gasteiger partial charge is 0.335 e. The number of anilines is 1. The average molecular weight is 447 g/mol. The lowest BCUT2D eigenvalue weighted by atomic mass is 10.2. The second-order valence-electron chi connectivity index (χ2n) is 7.91. The van der Waals surface area contributed by atoms with Gasteiger partial charge in [0.2, 0.25) is 5.95 Å². The Labute approximate surface area is 190 Å². The van der Waals surface area contributed by atoms with E-state index >= 15 is 0 Å². The van der Waals surface area contributed by atoms with Crippen LogP contribution < -0.4 is 25.2 Å². The summed E-state index contributed by atoms with van der Waals surface area (Å²) in [5.74, 6) is 2.36. The molecule has 1 aliphatic carbocycles. The highest BCUT2D eigenvalue weighted by Crippen LogP contribution is 2.28. The van der Waals surface area contributed by atoms with Gasteiger partial charge in [-0.2, -0.15) is 4.98 Å². The molecule has 0 saturated heterocycles. The van der Waals surface area contributed by atoms with Gasteiger partial charge in [0.05, 0.1) is 39.8 Å². The topological polar surface area (TPSA) is 92.4 Å². The van der Waals surface area contributed by atoms with Crippen molar-refractivity contribution in [2.24, 2.45) is 0 Å². The number of nitrogens with zero attached hydrogens (tertiary/aromatic N) is 4. The van der Waals surface area contributed by atoms with Crippen molar-refractivity contribution >= 4 is 17.1 Å². The van der Waals surface area contributed by atoms with Crippen molar-refractivity contribution in [1.82, 2.24) is 19.1 Å². The van der Waals surface area contributed by atoms with Crippen LogP contribution in [0.15, 0.2) is 53.5 Å². The third-order valence-corrected chi connectivity index (χ3v) is 5.70. The predicted octanol–water partition coefficient (Wildman–Crippen LogP) is 3.23. The molecule has 170 valence electrons. The largest absolute Gasteiger partial charge is 0.497 e. The molecule has 0 bridgehead atoms. The van der Waals surface area contributed by atoms with Crippen molar-refractivity contribution < 1.29 is 14.2 Å². The number of ether oxygens (including phenoxy) is 3. The van der Waals surface area contributed by atoms with Crippen molar-refractivity contribution in [2.45, 2.75) is 25.4 Å². The Bertz CT molecular complexity index is 1350. The molecule has 1 N–H and O–H groups in total. The first-order valence-electron chi connectivity index (χ1n) is 10.7. The summed E-state index contributed by atoms with van der Waals surface area (Å²) in [4.78, 5) is 22.9. The van der Waals surface area contributed by atoms with Crippen LogP contribution in [0.3, 0.4) is 0 Å². The lowest BCUT2D eigenvalue weighted by Crippen LogP contribution is -2.24. The van der Waals surface area contributed by atoms with Crippen molar-refractivity contribution in [2.75, 3.05) is 26.6 Å². The van der Waals surface area contributed by atoms with Crippen LogP contribution in [0.4, 0.5) is 5.95 Å². The van der Waals surface area contributed by atoms with Crippen molar-refractivity contribution in [1.29, 1.82) is 0 Å². The molecule has 1 saturated carbocycles. The first kappa shape index (κ1) is 20.9. The summed E-state index contributed by atoms with van der Waals surface area (Å²) in [5, 5.41) is 3.31. The van der Waals surface area contributed by atoms with Gasteiger partial charge in [-0.25, -0.2) is 14.3 Å². The van der Waals surface area contributed by atoms with Gasteiger partial charge >= 0.3 is 5.69 Å². The molecule has 33 heavy (non-hydrogen) atoms. The Morgan fingerprint density at radius 1 is 1.03 bits per heavy atom. The number of aromatic nitrogens is 4. The Morgan fingerprint density at radius 3 is 2.42 bits per heavy atom. The SMILES string of the molecule is COc1cc(OC)cc(-n2c(=O)n(Cc3ccccc3OC)c3cnc(NC4CC4)nc32)c1. The third-order valence-electron chi connectivity index (χ3n) is 5.70. The van der Waals surface area contributed by atoms with Gasteiger partial charge in [0.1, 0.15) is 22.8 Å². The minimum absolute atomic E-state index is 0.246. The van der Waals surface area contributed by atoms with Gasteiger partial charge in [-0.15, -0.1) is 0 Å². The molecule has 0 spiro atoms. The van der Waals surface area contributed by atoms with Gasteiger partial charge in [0.15, 0.2) is 5.65 Å². The predicted molar refractivity (Wildman–Crippen MR) is 125 cm³/mol. The van der Waals surface area contributed by atoms with Gasteiger partial charge in [0.25, 0.3) is 0 Å². The molecule has 2 aromatic carbocycles. The standard InChI is InChI=1S/C24H25N5O4/c1-31-18-10-17(11-19(12-18)32-2)29-22-20(13-25-23(27-22)26-16-8-9-16)28(24(29)30)14-15-6-4-5-7-21(15)33-3/h4-7,10-13,16H,8-9,14H2,1-3H3,(H,25,26,27). The fourth-order valence-electron chi connectivity index (χ4n) is 3.83. The molecule has 1 fully saturated rings. The summed E-state index contributed by atoms with van der Waals surface area (Å²) in [5.41, 5.74) is 2.35. The molecule has 0 aliphatic heterocycles. The van der Waals surface area contributed by atoms with Gasteiger partial charge < -0.3 is 19.5 Å². The Kier molecular flexibility index (Phi) is 5.37. The monoisotopic (exact) mass is 447 g/mol. The number of imidazole rings is 1. The highest BCUT2D eigenvalue weighted by atomic mass is 16.5.